The van der Waals surface area contributed by atoms with Gasteiger partial charge in [0, 0.05) is 18.5 Å². The quantitative estimate of drug-likeness (QED) is 0.554. The zero-order chi connectivity index (χ0) is 21.2. The van der Waals surface area contributed by atoms with Gasteiger partial charge in [-0.25, -0.2) is 0 Å². The minimum atomic E-state index is -0.607. The minimum absolute atomic E-state index is 0.0989. The summed E-state index contributed by atoms with van der Waals surface area (Å²) in [5.41, 5.74) is 7.15. The number of primary amides is 1. The zero-order valence-electron chi connectivity index (χ0n) is 16.5. The van der Waals surface area contributed by atoms with E-state index in [0.717, 1.165) is 11.1 Å². The second-order valence-electron chi connectivity index (χ2n) is 6.30. The topological polar surface area (TPSA) is 120 Å². The van der Waals surface area contributed by atoms with Crippen LogP contribution in [0.5, 0.6) is 11.5 Å². The summed E-state index contributed by atoms with van der Waals surface area (Å²) in [5.74, 6) is 0.332. The van der Waals surface area contributed by atoms with Crippen molar-refractivity contribution >= 4 is 17.7 Å². The van der Waals surface area contributed by atoms with Crippen LogP contribution in [0, 0.1) is 0 Å². The maximum atomic E-state index is 12.2. The summed E-state index contributed by atoms with van der Waals surface area (Å²) in [6.45, 7) is 0.131. The molecule has 2 rings (SSSR count). The smallest absolute Gasteiger partial charge is 0.251 e. The number of amides is 3. The monoisotopic (exact) mass is 399 g/mol. The van der Waals surface area contributed by atoms with Crippen LogP contribution < -0.4 is 25.8 Å². The summed E-state index contributed by atoms with van der Waals surface area (Å²) in [7, 11) is 3.17. The molecule has 4 N–H and O–H groups in total. The Kier molecular flexibility index (Phi) is 8.02. The highest BCUT2D eigenvalue weighted by Gasteiger charge is 2.09. The van der Waals surface area contributed by atoms with E-state index < -0.39 is 5.91 Å². The van der Waals surface area contributed by atoms with Gasteiger partial charge in [0.2, 0.25) is 11.8 Å². The van der Waals surface area contributed by atoms with E-state index in [9.17, 15) is 14.4 Å². The highest BCUT2D eigenvalue weighted by atomic mass is 16.5. The van der Waals surface area contributed by atoms with Gasteiger partial charge in [-0.3, -0.25) is 14.4 Å². The summed E-state index contributed by atoms with van der Waals surface area (Å²) >= 11 is 0. The number of methoxy groups -OCH3 is 2. The van der Waals surface area contributed by atoms with Crippen molar-refractivity contribution in [3.63, 3.8) is 0 Å². The molecule has 0 aromatic heterocycles. The van der Waals surface area contributed by atoms with Crippen LogP contribution in [0.1, 0.15) is 27.9 Å². The molecule has 2 aromatic rings. The molecule has 8 nitrogen and oxygen atoms in total. The fourth-order valence-electron chi connectivity index (χ4n) is 2.66. The SMILES string of the molecule is COc1ccc(OC)c(CCC(=O)NCc2ccc(C(=O)NCC(N)=O)cc2)c1. The Balaban J connectivity index is 1.83. The Morgan fingerprint density at radius 3 is 2.31 bits per heavy atom. The molecule has 0 heterocycles. The molecular formula is C21H25N3O5. The predicted molar refractivity (Wildman–Crippen MR) is 108 cm³/mol. The number of carbonyl (C=O) groups is 3. The lowest BCUT2D eigenvalue weighted by Crippen LogP contribution is -2.33. The summed E-state index contributed by atoms with van der Waals surface area (Å²) in [6, 6.07) is 12.2. The third kappa shape index (κ3) is 6.84. The molecule has 2 aromatic carbocycles. The van der Waals surface area contributed by atoms with Crippen LogP contribution in [0.15, 0.2) is 42.5 Å². The molecular weight excluding hydrogens is 374 g/mol. The van der Waals surface area contributed by atoms with Crippen LogP contribution in [0.2, 0.25) is 0 Å². The highest BCUT2D eigenvalue weighted by Crippen LogP contribution is 2.25. The van der Waals surface area contributed by atoms with Gasteiger partial charge in [0.1, 0.15) is 11.5 Å². The lowest BCUT2D eigenvalue weighted by Gasteiger charge is -2.11. The summed E-state index contributed by atoms with van der Waals surface area (Å²) < 4.78 is 10.5. The van der Waals surface area contributed by atoms with Crippen molar-refractivity contribution in [3.8, 4) is 11.5 Å². The van der Waals surface area contributed by atoms with E-state index >= 15 is 0 Å². The van der Waals surface area contributed by atoms with Gasteiger partial charge < -0.3 is 25.8 Å². The van der Waals surface area contributed by atoms with Crippen molar-refractivity contribution in [1.29, 1.82) is 0 Å². The molecule has 0 aliphatic rings. The number of benzene rings is 2. The highest BCUT2D eigenvalue weighted by molar-refractivity contribution is 5.96. The van der Waals surface area contributed by atoms with Crippen molar-refractivity contribution < 1.29 is 23.9 Å². The average molecular weight is 399 g/mol. The first-order chi connectivity index (χ1) is 13.9. The number of nitrogens with one attached hydrogen (secondary N) is 2. The molecule has 3 amide bonds. The van der Waals surface area contributed by atoms with E-state index in [2.05, 4.69) is 10.6 Å². The number of nitrogens with two attached hydrogens (primary N) is 1. The van der Waals surface area contributed by atoms with Crippen molar-refractivity contribution in [1.82, 2.24) is 10.6 Å². The Morgan fingerprint density at radius 2 is 1.69 bits per heavy atom. The molecule has 0 fully saturated rings. The second-order valence-corrected chi connectivity index (χ2v) is 6.30. The van der Waals surface area contributed by atoms with Crippen molar-refractivity contribution in [2.75, 3.05) is 20.8 Å². The molecule has 154 valence electrons. The Hall–Kier alpha value is -3.55. The molecule has 0 aliphatic carbocycles. The van der Waals surface area contributed by atoms with E-state index in [1.165, 1.54) is 0 Å². The van der Waals surface area contributed by atoms with Gasteiger partial charge in [-0.05, 0) is 47.9 Å². The largest absolute Gasteiger partial charge is 0.497 e. The Morgan fingerprint density at radius 1 is 0.966 bits per heavy atom. The summed E-state index contributed by atoms with van der Waals surface area (Å²) in [5, 5.41) is 5.27. The number of rotatable bonds is 10. The minimum Gasteiger partial charge on any atom is -0.497 e. The van der Waals surface area contributed by atoms with Gasteiger partial charge in [-0.2, -0.15) is 0 Å². The van der Waals surface area contributed by atoms with Crippen LogP contribution in [-0.4, -0.2) is 38.5 Å². The molecule has 0 bridgehead atoms. The van der Waals surface area contributed by atoms with Crippen molar-refractivity contribution in [2.45, 2.75) is 19.4 Å². The standard InChI is InChI=1S/C21H25N3O5/c1-28-17-8-9-18(29-2)16(11-17)7-10-20(26)23-12-14-3-5-15(6-4-14)21(27)24-13-19(22)25/h3-6,8-9,11H,7,10,12-13H2,1-2H3,(H2,22,25)(H,23,26)(H,24,27). The predicted octanol–water partition coefficient (Wildman–Crippen LogP) is 1.17. The first-order valence-electron chi connectivity index (χ1n) is 9.06. The van der Waals surface area contributed by atoms with Crippen LogP contribution >= 0.6 is 0 Å². The lowest BCUT2D eigenvalue weighted by atomic mass is 10.1. The Labute approximate surface area is 169 Å². The fraction of sp³-hybridized carbons (Fsp3) is 0.286. The van der Waals surface area contributed by atoms with Gasteiger partial charge >= 0.3 is 0 Å². The number of aryl methyl sites for hydroxylation is 1. The van der Waals surface area contributed by atoms with Gasteiger partial charge in [0.15, 0.2) is 0 Å². The van der Waals surface area contributed by atoms with Crippen LogP contribution in [-0.2, 0) is 22.6 Å². The van der Waals surface area contributed by atoms with Crippen molar-refractivity contribution in [3.05, 3.63) is 59.2 Å². The number of hydrogen-bond donors (Lipinski definition) is 3. The fourth-order valence-corrected chi connectivity index (χ4v) is 2.66. The number of ether oxygens (including phenoxy) is 2. The first-order valence-corrected chi connectivity index (χ1v) is 9.06. The van der Waals surface area contributed by atoms with E-state index in [1.54, 1.807) is 44.6 Å². The first kappa shape index (κ1) is 21.7. The van der Waals surface area contributed by atoms with E-state index in [0.29, 0.717) is 36.4 Å². The number of hydrogen-bond acceptors (Lipinski definition) is 5. The summed E-state index contributed by atoms with van der Waals surface area (Å²) in [4.78, 5) is 34.7. The molecule has 0 atom stereocenters. The van der Waals surface area contributed by atoms with Gasteiger partial charge in [-0.1, -0.05) is 12.1 Å². The second kappa shape index (κ2) is 10.7. The molecule has 0 saturated heterocycles. The van der Waals surface area contributed by atoms with Crippen LogP contribution in [0.3, 0.4) is 0 Å². The van der Waals surface area contributed by atoms with Crippen molar-refractivity contribution in [2.24, 2.45) is 5.73 Å². The van der Waals surface area contributed by atoms with Gasteiger partial charge in [0.05, 0.1) is 20.8 Å². The van der Waals surface area contributed by atoms with Gasteiger partial charge in [0.25, 0.3) is 5.91 Å². The average Bonchev–Trinajstić information content (AvgIpc) is 2.74. The Bertz CT molecular complexity index is 865. The van der Waals surface area contributed by atoms with E-state index in [-0.39, 0.29) is 18.4 Å². The maximum absolute atomic E-state index is 12.2. The van der Waals surface area contributed by atoms with Crippen LogP contribution in [0.25, 0.3) is 0 Å². The molecule has 0 spiro atoms. The maximum Gasteiger partial charge on any atom is 0.251 e. The number of carbonyl (C=O) groups excluding carboxylic acids is 3. The molecule has 29 heavy (non-hydrogen) atoms. The van der Waals surface area contributed by atoms with E-state index in [1.807, 2.05) is 12.1 Å². The normalized spacial score (nSPS) is 10.1. The molecule has 0 saturated carbocycles. The molecule has 0 unspecified atom stereocenters. The molecule has 8 heteroatoms. The van der Waals surface area contributed by atoms with E-state index in [4.69, 9.17) is 15.2 Å². The third-order valence-corrected chi connectivity index (χ3v) is 4.24. The third-order valence-electron chi connectivity index (χ3n) is 4.24. The van der Waals surface area contributed by atoms with Gasteiger partial charge in [-0.15, -0.1) is 0 Å². The molecule has 0 radical (unpaired) electrons. The molecule has 0 aliphatic heterocycles. The van der Waals surface area contributed by atoms with Crippen LogP contribution in [0.4, 0.5) is 0 Å². The summed E-state index contributed by atoms with van der Waals surface area (Å²) in [6.07, 6.45) is 0.822. The lowest BCUT2D eigenvalue weighted by molar-refractivity contribution is -0.121. The zero-order valence-corrected chi connectivity index (χ0v) is 16.5.